The fraction of sp³-hybridized carbons (Fsp3) is 0.727. The summed E-state index contributed by atoms with van der Waals surface area (Å²) < 4.78 is 28.0. The molecule has 2 saturated carbocycles. The van der Waals surface area contributed by atoms with Gasteiger partial charge in [0.05, 0.1) is 0 Å². The van der Waals surface area contributed by atoms with E-state index >= 15 is 0 Å². The van der Waals surface area contributed by atoms with Crippen molar-refractivity contribution in [1.29, 1.82) is 0 Å². The van der Waals surface area contributed by atoms with E-state index in [0.717, 1.165) is 36.2 Å². The molecule has 150 valence electrons. The fourth-order valence-corrected chi connectivity index (χ4v) is 7.31. The minimum atomic E-state index is -3.99. The van der Waals surface area contributed by atoms with Crippen LogP contribution in [0.3, 0.4) is 0 Å². The molecule has 5 heteroatoms. The van der Waals surface area contributed by atoms with Gasteiger partial charge in [-0.25, -0.2) is 0 Å². The van der Waals surface area contributed by atoms with Crippen LogP contribution in [0.2, 0.25) is 0 Å². The van der Waals surface area contributed by atoms with Crippen LogP contribution in [0.15, 0.2) is 12.1 Å². The smallest absolute Gasteiger partial charge is 0.371 e. The van der Waals surface area contributed by atoms with Gasteiger partial charge >= 0.3 is 10.3 Å². The van der Waals surface area contributed by atoms with Crippen LogP contribution in [0.4, 0.5) is 0 Å². The molecular weight excluding hydrogens is 358 g/mol. The highest BCUT2D eigenvalue weighted by atomic mass is 32.2. The van der Waals surface area contributed by atoms with Gasteiger partial charge in [0.15, 0.2) is 0 Å². The van der Waals surface area contributed by atoms with Gasteiger partial charge in [0.2, 0.25) is 0 Å². The number of fused-ring (bicyclic) bond motifs is 5. The Morgan fingerprint density at radius 1 is 1.19 bits per heavy atom. The van der Waals surface area contributed by atoms with E-state index in [1.165, 1.54) is 49.7 Å². The molecule has 0 bridgehead atoms. The SMILES string of the molecule is CCc1cc2c(cc1OS(N)(=O)=O)CC[C@@H]1[C@@H]2CC[C@]2(C)[C@@H](CC)CC[C@@H]12. The Bertz CT molecular complexity index is 834. The molecule has 0 aliphatic heterocycles. The second-order valence-electron chi connectivity index (χ2n) is 9.23. The van der Waals surface area contributed by atoms with Gasteiger partial charge in [0, 0.05) is 0 Å². The monoisotopic (exact) mass is 391 g/mol. The molecule has 2 fully saturated rings. The molecule has 4 nitrogen and oxygen atoms in total. The highest BCUT2D eigenvalue weighted by Gasteiger charge is 2.54. The molecule has 4 rings (SSSR count). The van der Waals surface area contributed by atoms with E-state index in [1.54, 1.807) is 0 Å². The molecule has 27 heavy (non-hydrogen) atoms. The van der Waals surface area contributed by atoms with Crippen molar-refractivity contribution in [2.45, 2.75) is 78.1 Å². The van der Waals surface area contributed by atoms with Crippen LogP contribution >= 0.6 is 0 Å². The number of aryl methyl sites for hydroxylation is 2. The van der Waals surface area contributed by atoms with Crippen LogP contribution in [0.5, 0.6) is 5.75 Å². The number of nitrogens with two attached hydrogens (primary N) is 1. The summed E-state index contributed by atoms with van der Waals surface area (Å²) >= 11 is 0. The van der Waals surface area contributed by atoms with E-state index in [4.69, 9.17) is 9.32 Å². The van der Waals surface area contributed by atoms with Crippen LogP contribution in [0.1, 0.15) is 81.9 Å². The van der Waals surface area contributed by atoms with Crippen LogP contribution in [0, 0.1) is 23.2 Å². The van der Waals surface area contributed by atoms with E-state index in [0.29, 0.717) is 17.1 Å². The first-order valence-corrected chi connectivity index (χ1v) is 12.1. The van der Waals surface area contributed by atoms with E-state index in [-0.39, 0.29) is 0 Å². The van der Waals surface area contributed by atoms with Crippen molar-refractivity contribution in [2.75, 3.05) is 0 Å². The number of rotatable bonds is 4. The Labute approximate surface area is 164 Å². The molecule has 0 amide bonds. The van der Waals surface area contributed by atoms with Gasteiger partial charge in [0.25, 0.3) is 0 Å². The first-order chi connectivity index (χ1) is 12.8. The third-order valence-corrected chi connectivity index (χ3v) is 8.59. The molecule has 0 saturated heterocycles. The maximum absolute atomic E-state index is 11.4. The van der Waals surface area contributed by atoms with Crippen molar-refractivity contribution in [1.82, 2.24) is 0 Å². The summed E-state index contributed by atoms with van der Waals surface area (Å²) in [7, 11) is -3.99. The molecule has 0 spiro atoms. The summed E-state index contributed by atoms with van der Waals surface area (Å²) in [5.74, 6) is 3.56. The minimum absolute atomic E-state index is 0.421. The van der Waals surface area contributed by atoms with E-state index in [1.807, 2.05) is 13.0 Å². The summed E-state index contributed by atoms with van der Waals surface area (Å²) in [6.07, 6.45) is 9.67. The minimum Gasteiger partial charge on any atom is -0.371 e. The lowest BCUT2D eigenvalue weighted by atomic mass is 9.54. The zero-order valence-corrected chi connectivity index (χ0v) is 17.6. The van der Waals surface area contributed by atoms with E-state index < -0.39 is 10.3 Å². The van der Waals surface area contributed by atoms with Crippen molar-refractivity contribution >= 4 is 10.3 Å². The van der Waals surface area contributed by atoms with E-state index in [2.05, 4.69) is 19.9 Å². The van der Waals surface area contributed by atoms with E-state index in [9.17, 15) is 8.42 Å². The Morgan fingerprint density at radius 3 is 2.63 bits per heavy atom. The average Bonchev–Trinajstić information content (AvgIpc) is 2.95. The highest BCUT2D eigenvalue weighted by Crippen LogP contribution is 2.63. The molecule has 2 N–H and O–H groups in total. The van der Waals surface area contributed by atoms with Crippen molar-refractivity contribution in [3.8, 4) is 5.75 Å². The Balaban J connectivity index is 1.69. The summed E-state index contributed by atoms with van der Waals surface area (Å²) in [4.78, 5) is 0. The molecule has 3 aliphatic rings. The Morgan fingerprint density at radius 2 is 1.96 bits per heavy atom. The van der Waals surface area contributed by atoms with Gasteiger partial charge in [-0.15, -0.1) is 0 Å². The van der Waals surface area contributed by atoms with Gasteiger partial charge in [-0.2, -0.15) is 13.6 Å². The molecular formula is C22H33NO3S. The molecule has 5 atom stereocenters. The Hall–Kier alpha value is -1.07. The lowest BCUT2D eigenvalue weighted by molar-refractivity contribution is 0.0273. The zero-order chi connectivity index (χ0) is 19.4. The highest BCUT2D eigenvalue weighted by molar-refractivity contribution is 7.84. The largest absolute Gasteiger partial charge is 0.380 e. The first kappa shape index (κ1) is 19.3. The van der Waals surface area contributed by atoms with Crippen LogP contribution in [-0.4, -0.2) is 8.42 Å². The zero-order valence-electron chi connectivity index (χ0n) is 16.8. The molecule has 1 aromatic rings. The fourth-order valence-electron chi connectivity index (χ4n) is 6.90. The van der Waals surface area contributed by atoms with Crippen LogP contribution in [-0.2, 0) is 23.1 Å². The predicted octanol–water partition coefficient (Wildman–Crippen LogP) is 4.71. The normalized spacial score (nSPS) is 35.3. The molecule has 0 aromatic heterocycles. The molecule has 0 unspecified atom stereocenters. The van der Waals surface area contributed by atoms with Crippen molar-refractivity contribution in [2.24, 2.45) is 28.3 Å². The summed E-state index contributed by atoms with van der Waals surface area (Å²) in [6.45, 7) is 6.96. The van der Waals surface area contributed by atoms with Gasteiger partial charge < -0.3 is 4.18 Å². The summed E-state index contributed by atoms with van der Waals surface area (Å²) in [6, 6.07) is 4.17. The lowest BCUT2D eigenvalue weighted by Gasteiger charge is -2.51. The molecule has 1 aromatic carbocycles. The van der Waals surface area contributed by atoms with Gasteiger partial charge in [-0.3, -0.25) is 0 Å². The molecule has 0 heterocycles. The second-order valence-corrected chi connectivity index (χ2v) is 10.4. The van der Waals surface area contributed by atoms with Gasteiger partial charge in [-0.05, 0) is 96.8 Å². The Kier molecular flexibility index (Phi) is 4.83. The first-order valence-electron chi connectivity index (χ1n) is 10.6. The number of hydrogen-bond acceptors (Lipinski definition) is 3. The van der Waals surface area contributed by atoms with Crippen LogP contribution in [0.25, 0.3) is 0 Å². The molecule has 3 aliphatic carbocycles. The maximum Gasteiger partial charge on any atom is 0.380 e. The standard InChI is InChI=1S/C22H33NO3S/c1-4-14-12-19-15(13-21(14)26-27(23,24)25)6-8-18-17(19)10-11-22(3)16(5-2)7-9-20(18)22/h12-13,16-18,20H,4-11H2,1-3H3,(H2,23,24,25)/t16-,17-,18+,20-,22+/m0/s1. The second kappa shape index (κ2) is 6.77. The topological polar surface area (TPSA) is 69.4 Å². The third-order valence-electron chi connectivity index (χ3n) is 8.18. The van der Waals surface area contributed by atoms with Crippen molar-refractivity contribution < 1.29 is 12.6 Å². The van der Waals surface area contributed by atoms with Gasteiger partial charge in [-0.1, -0.05) is 33.3 Å². The van der Waals surface area contributed by atoms with Crippen LogP contribution < -0.4 is 9.32 Å². The molecule has 0 radical (unpaired) electrons. The third kappa shape index (κ3) is 3.21. The average molecular weight is 392 g/mol. The lowest BCUT2D eigenvalue weighted by Crippen LogP contribution is -2.42. The predicted molar refractivity (Wildman–Crippen MR) is 108 cm³/mol. The number of hydrogen-bond donors (Lipinski definition) is 1. The van der Waals surface area contributed by atoms with Gasteiger partial charge in [0.1, 0.15) is 5.75 Å². The van der Waals surface area contributed by atoms with Crippen molar-refractivity contribution in [3.05, 3.63) is 28.8 Å². The summed E-state index contributed by atoms with van der Waals surface area (Å²) in [5, 5.41) is 5.12. The summed E-state index contributed by atoms with van der Waals surface area (Å²) in [5.41, 5.74) is 4.19. The number of benzene rings is 1. The van der Waals surface area contributed by atoms with Crippen molar-refractivity contribution in [3.63, 3.8) is 0 Å². The maximum atomic E-state index is 11.4. The quantitative estimate of drug-likeness (QED) is 0.808.